The number of aryl methyl sites for hydroxylation is 1. The predicted octanol–water partition coefficient (Wildman–Crippen LogP) is 3.26. The summed E-state index contributed by atoms with van der Waals surface area (Å²) >= 11 is 0. The lowest BCUT2D eigenvalue weighted by atomic mass is 10.0. The highest BCUT2D eigenvalue weighted by atomic mass is 19.2. The Morgan fingerprint density at radius 1 is 1.19 bits per heavy atom. The molecule has 0 atom stereocenters. The third-order valence-corrected chi connectivity index (χ3v) is 2.35. The standard InChI is InChI=1S/C12H13F3O/c1-7(2)11(16)4-3-8-5-9(13)12(15)10(14)6-8/h5-7H,3-4H2,1-2H3. The summed E-state index contributed by atoms with van der Waals surface area (Å²) in [6.07, 6.45) is 0.438. The minimum absolute atomic E-state index is 0.0186. The molecule has 0 spiro atoms. The van der Waals surface area contributed by atoms with Crippen molar-refractivity contribution in [3.63, 3.8) is 0 Å². The molecule has 0 aliphatic heterocycles. The van der Waals surface area contributed by atoms with Crippen LogP contribution < -0.4 is 0 Å². The van der Waals surface area contributed by atoms with Crippen LogP contribution in [0, 0.1) is 23.4 Å². The summed E-state index contributed by atoms with van der Waals surface area (Å²) in [6.45, 7) is 3.52. The fourth-order valence-electron chi connectivity index (χ4n) is 1.31. The van der Waals surface area contributed by atoms with Crippen molar-refractivity contribution in [3.8, 4) is 0 Å². The molecule has 0 N–H and O–H groups in total. The first-order valence-electron chi connectivity index (χ1n) is 5.08. The van der Waals surface area contributed by atoms with E-state index in [4.69, 9.17) is 0 Å². The molecule has 0 aliphatic carbocycles. The Bertz CT molecular complexity index is 376. The summed E-state index contributed by atoms with van der Waals surface area (Å²) in [5, 5.41) is 0. The van der Waals surface area contributed by atoms with E-state index in [-0.39, 0.29) is 24.5 Å². The van der Waals surface area contributed by atoms with E-state index in [1.807, 2.05) is 0 Å². The molecule has 0 radical (unpaired) electrons. The Morgan fingerprint density at radius 2 is 1.69 bits per heavy atom. The van der Waals surface area contributed by atoms with Crippen LogP contribution >= 0.6 is 0 Å². The van der Waals surface area contributed by atoms with Gasteiger partial charge < -0.3 is 0 Å². The van der Waals surface area contributed by atoms with Gasteiger partial charge >= 0.3 is 0 Å². The summed E-state index contributed by atoms with van der Waals surface area (Å²) in [7, 11) is 0. The fraction of sp³-hybridized carbons (Fsp3) is 0.417. The number of ketones is 1. The Balaban J connectivity index is 2.72. The summed E-state index contributed by atoms with van der Waals surface area (Å²) < 4.78 is 38.3. The average molecular weight is 230 g/mol. The number of benzene rings is 1. The van der Waals surface area contributed by atoms with E-state index in [9.17, 15) is 18.0 Å². The second-order valence-electron chi connectivity index (χ2n) is 3.99. The predicted molar refractivity (Wildman–Crippen MR) is 54.5 cm³/mol. The molecular formula is C12H13F3O. The number of halogens is 3. The molecule has 1 nitrogen and oxygen atoms in total. The summed E-state index contributed by atoms with van der Waals surface area (Å²) in [5.74, 6) is -3.99. The number of Topliss-reactive ketones (excluding diaryl/α,β-unsaturated/α-hetero) is 1. The highest BCUT2D eigenvalue weighted by molar-refractivity contribution is 5.80. The van der Waals surface area contributed by atoms with Crippen LogP contribution in [0.25, 0.3) is 0 Å². The molecule has 0 heterocycles. The van der Waals surface area contributed by atoms with Gasteiger partial charge in [0, 0.05) is 12.3 Å². The van der Waals surface area contributed by atoms with Crippen LogP contribution in [0.15, 0.2) is 12.1 Å². The van der Waals surface area contributed by atoms with E-state index in [1.54, 1.807) is 13.8 Å². The number of hydrogen-bond donors (Lipinski definition) is 0. The summed E-state index contributed by atoms with van der Waals surface area (Å²) in [5.41, 5.74) is 0.297. The van der Waals surface area contributed by atoms with Crippen molar-refractivity contribution in [1.82, 2.24) is 0 Å². The van der Waals surface area contributed by atoms with Gasteiger partial charge in [-0.25, -0.2) is 13.2 Å². The molecule has 0 amide bonds. The number of carbonyl (C=O) groups is 1. The van der Waals surface area contributed by atoms with Gasteiger partial charge in [0.15, 0.2) is 17.5 Å². The van der Waals surface area contributed by atoms with Crippen molar-refractivity contribution < 1.29 is 18.0 Å². The maximum atomic E-state index is 12.8. The molecule has 0 bridgehead atoms. The van der Waals surface area contributed by atoms with Gasteiger partial charge in [0.2, 0.25) is 0 Å². The lowest BCUT2D eigenvalue weighted by Crippen LogP contribution is -2.08. The smallest absolute Gasteiger partial charge is 0.194 e. The van der Waals surface area contributed by atoms with Crippen LogP contribution in [0.4, 0.5) is 13.2 Å². The zero-order valence-corrected chi connectivity index (χ0v) is 9.19. The van der Waals surface area contributed by atoms with Crippen molar-refractivity contribution in [1.29, 1.82) is 0 Å². The monoisotopic (exact) mass is 230 g/mol. The number of rotatable bonds is 4. The van der Waals surface area contributed by atoms with E-state index in [0.29, 0.717) is 5.56 Å². The van der Waals surface area contributed by atoms with Crippen LogP contribution in [0.2, 0.25) is 0 Å². The molecule has 88 valence electrons. The second kappa shape index (κ2) is 5.14. The Morgan fingerprint density at radius 3 is 2.12 bits per heavy atom. The van der Waals surface area contributed by atoms with Gasteiger partial charge in [-0.3, -0.25) is 4.79 Å². The van der Waals surface area contributed by atoms with Gasteiger partial charge in [-0.2, -0.15) is 0 Å². The highest BCUT2D eigenvalue weighted by Gasteiger charge is 2.12. The molecule has 1 aromatic rings. The molecule has 0 saturated heterocycles. The first-order valence-corrected chi connectivity index (χ1v) is 5.08. The zero-order chi connectivity index (χ0) is 12.3. The van der Waals surface area contributed by atoms with Gasteiger partial charge in [-0.05, 0) is 24.1 Å². The molecule has 0 aromatic heterocycles. The molecule has 4 heteroatoms. The molecule has 1 aromatic carbocycles. The topological polar surface area (TPSA) is 17.1 Å². The van der Waals surface area contributed by atoms with Crippen LogP contribution in [0.1, 0.15) is 25.8 Å². The van der Waals surface area contributed by atoms with E-state index in [2.05, 4.69) is 0 Å². The molecule has 0 fully saturated rings. The van der Waals surface area contributed by atoms with Gasteiger partial charge in [0.05, 0.1) is 0 Å². The summed E-state index contributed by atoms with van der Waals surface area (Å²) in [4.78, 5) is 11.3. The van der Waals surface area contributed by atoms with Crippen molar-refractivity contribution in [2.24, 2.45) is 5.92 Å². The Kier molecular flexibility index (Phi) is 4.10. The molecule has 1 rings (SSSR count). The first kappa shape index (κ1) is 12.7. The lowest BCUT2D eigenvalue weighted by molar-refractivity contribution is -0.121. The van der Waals surface area contributed by atoms with Gasteiger partial charge in [-0.15, -0.1) is 0 Å². The Hall–Kier alpha value is -1.32. The van der Waals surface area contributed by atoms with Crippen LogP contribution in [0.5, 0.6) is 0 Å². The van der Waals surface area contributed by atoms with Crippen LogP contribution in [-0.4, -0.2) is 5.78 Å². The van der Waals surface area contributed by atoms with Gasteiger partial charge in [-0.1, -0.05) is 13.8 Å². The van der Waals surface area contributed by atoms with E-state index in [1.165, 1.54) is 0 Å². The van der Waals surface area contributed by atoms with Gasteiger partial charge in [0.1, 0.15) is 5.78 Å². The lowest BCUT2D eigenvalue weighted by Gasteiger charge is -2.05. The van der Waals surface area contributed by atoms with Crippen LogP contribution in [-0.2, 0) is 11.2 Å². The normalized spacial score (nSPS) is 10.9. The van der Waals surface area contributed by atoms with Crippen molar-refractivity contribution in [2.75, 3.05) is 0 Å². The van der Waals surface area contributed by atoms with Crippen molar-refractivity contribution in [2.45, 2.75) is 26.7 Å². The number of carbonyl (C=O) groups excluding carboxylic acids is 1. The molecule has 16 heavy (non-hydrogen) atoms. The van der Waals surface area contributed by atoms with Gasteiger partial charge in [0.25, 0.3) is 0 Å². The third-order valence-electron chi connectivity index (χ3n) is 2.35. The zero-order valence-electron chi connectivity index (χ0n) is 9.19. The largest absolute Gasteiger partial charge is 0.299 e. The quantitative estimate of drug-likeness (QED) is 0.725. The van der Waals surface area contributed by atoms with E-state index < -0.39 is 17.5 Å². The maximum absolute atomic E-state index is 12.8. The molecule has 0 unspecified atom stereocenters. The fourth-order valence-corrected chi connectivity index (χ4v) is 1.31. The Labute approximate surface area is 92.3 Å². The van der Waals surface area contributed by atoms with E-state index >= 15 is 0 Å². The highest BCUT2D eigenvalue weighted by Crippen LogP contribution is 2.15. The first-order chi connectivity index (χ1) is 7.41. The molecular weight excluding hydrogens is 217 g/mol. The number of hydrogen-bond acceptors (Lipinski definition) is 1. The molecule has 0 aliphatic rings. The van der Waals surface area contributed by atoms with Crippen LogP contribution in [0.3, 0.4) is 0 Å². The SMILES string of the molecule is CC(C)C(=O)CCc1cc(F)c(F)c(F)c1. The van der Waals surface area contributed by atoms with Crippen molar-refractivity contribution in [3.05, 3.63) is 35.1 Å². The minimum Gasteiger partial charge on any atom is -0.299 e. The second-order valence-corrected chi connectivity index (χ2v) is 3.99. The average Bonchev–Trinajstić information content (AvgIpc) is 2.22. The third kappa shape index (κ3) is 3.08. The maximum Gasteiger partial charge on any atom is 0.194 e. The minimum atomic E-state index is -1.47. The van der Waals surface area contributed by atoms with Crippen molar-refractivity contribution >= 4 is 5.78 Å². The summed E-state index contributed by atoms with van der Waals surface area (Å²) in [6, 6.07) is 1.85. The molecule has 0 saturated carbocycles. The van der Waals surface area contributed by atoms with E-state index in [0.717, 1.165) is 12.1 Å².